The van der Waals surface area contributed by atoms with Crippen molar-refractivity contribution in [2.45, 2.75) is 32.6 Å². The zero-order chi connectivity index (χ0) is 14.4. The third-order valence-corrected chi connectivity index (χ3v) is 5.53. The van der Waals surface area contributed by atoms with Crippen LogP contribution in [0.3, 0.4) is 0 Å². The van der Waals surface area contributed by atoms with Crippen LogP contribution in [-0.2, 0) is 6.42 Å². The molecule has 2 aliphatic rings. The lowest BCUT2D eigenvalue weighted by molar-refractivity contribution is 0.560. The zero-order valence-corrected chi connectivity index (χ0v) is 13.9. The number of halogens is 1. The van der Waals surface area contributed by atoms with Crippen molar-refractivity contribution in [3.63, 3.8) is 0 Å². The molecule has 2 aromatic rings. The van der Waals surface area contributed by atoms with E-state index in [0.717, 1.165) is 5.92 Å². The van der Waals surface area contributed by atoms with Gasteiger partial charge in [-0.05, 0) is 71.2 Å². The highest BCUT2D eigenvalue weighted by Crippen LogP contribution is 2.43. The summed E-state index contributed by atoms with van der Waals surface area (Å²) in [6.45, 7) is 2.33. The van der Waals surface area contributed by atoms with E-state index in [9.17, 15) is 0 Å². The smallest absolute Gasteiger partial charge is 0.0181 e. The first-order chi connectivity index (χ1) is 10.3. The Labute approximate surface area is 134 Å². The highest BCUT2D eigenvalue weighted by molar-refractivity contribution is 9.10. The van der Waals surface area contributed by atoms with Crippen LogP contribution in [0.5, 0.6) is 0 Å². The highest BCUT2D eigenvalue weighted by atomic mass is 79.9. The van der Waals surface area contributed by atoms with Gasteiger partial charge in [0.2, 0.25) is 0 Å². The molecule has 0 fully saturated rings. The second-order valence-electron chi connectivity index (χ2n) is 6.15. The zero-order valence-electron chi connectivity index (χ0n) is 12.3. The summed E-state index contributed by atoms with van der Waals surface area (Å²) in [5.74, 6) is 0.724. The van der Waals surface area contributed by atoms with Gasteiger partial charge in [-0.25, -0.2) is 0 Å². The number of benzene rings is 2. The molecule has 2 aromatic carbocycles. The molecule has 0 saturated carbocycles. The van der Waals surface area contributed by atoms with Crippen LogP contribution in [0.2, 0.25) is 0 Å². The lowest BCUT2D eigenvalue weighted by Crippen LogP contribution is -2.17. The summed E-state index contributed by atoms with van der Waals surface area (Å²) in [5, 5.41) is 2.78. The van der Waals surface area contributed by atoms with Crippen molar-refractivity contribution in [3.05, 3.63) is 63.7 Å². The molecule has 1 atom stereocenters. The maximum absolute atomic E-state index is 3.64. The van der Waals surface area contributed by atoms with Crippen molar-refractivity contribution in [2.24, 2.45) is 5.92 Å². The standard InChI is InChI=1S/C20H19Br/c1-2-13-11-20-18(17-6-4-3-5-16(13)17)10-8-14-7-9-15(21)12-19(14)20/h4,6-10,12-13H,2-3,5,11H2,1H3. The van der Waals surface area contributed by atoms with Gasteiger partial charge in [-0.1, -0.05) is 58.8 Å². The Balaban J connectivity index is 2.02. The van der Waals surface area contributed by atoms with Crippen LogP contribution in [0.4, 0.5) is 0 Å². The highest BCUT2D eigenvalue weighted by Gasteiger charge is 2.27. The van der Waals surface area contributed by atoms with Crippen molar-refractivity contribution in [1.29, 1.82) is 0 Å². The summed E-state index contributed by atoms with van der Waals surface area (Å²) in [7, 11) is 0. The third kappa shape index (κ3) is 2.10. The molecule has 0 N–H and O–H groups in total. The average molecular weight is 339 g/mol. The van der Waals surface area contributed by atoms with Gasteiger partial charge in [-0.15, -0.1) is 0 Å². The molecule has 106 valence electrons. The molecule has 21 heavy (non-hydrogen) atoms. The maximum Gasteiger partial charge on any atom is 0.0181 e. The van der Waals surface area contributed by atoms with Crippen LogP contribution in [0.25, 0.3) is 16.3 Å². The van der Waals surface area contributed by atoms with Gasteiger partial charge in [0, 0.05) is 4.47 Å². The number of hydrogen-bond acceptors (Lipinski definition) is 0. The van der Waals surface area contributed by atoms with Gasteiger partial charge in [0.15, 0.2) is 0 Å². The van der Waals surface area contributed by atoms with Crippen LogP contribution in [0.15, 0.2) is 52.5 Å². The van der Waals surface area contributed by atoms with Crippen molar-refractivity contribution < 1.29 is 0 Å². The molecule has 4 rings (SSSR count). The number of fused-ring (bicyclic) bond motifs is 4. The summed E-state index contributed by atoms with van der Waals surface area (Å²) >= 11 is 3.64. The number of allylic oxidation sites excluding steroid dienone is 4. The molecule has 1 unspecified atom stereocenters. The Morgan fingerprint density at radius 1 is 1.19 bits per heavy atom. The fourth-order valence-electron chi connectivity index (χ4n) is 3.96. The van der Waals surface area contributed by atoms with E-state index in [-0.39, 0.29) is 0 Å². The molecular weight excluding hydrogens is 320 g/mol. The molecule has 0 heterocycles. The topological polar surface area (TPSA) is 0 Å². The minimum Gasteiger partial charge on any atom is -0.0836 e. The summed E-state index contributed by atoms with van der Waals surface area (Å²) < 4.78 is 1.18. The maximum atomic E-state index is 3.64. The predicted octanol–water partition coefficient (Wildman–Crippen LogP) is 6.29. The lowest BCUT2D eigenvalue weighted by Gasteiger charge is -2.31. The summed E-state index contributed by atoms with van der Waals surface area (Å²) in [6, 6.07) is 11.3. The first kappa shape index (κ1) is 13.3. The van der Waals surface area contributed by atoms with Crippen molar-refractivity contribution in [2.75, 3.05) is 0 Å². The van der Waals surface area contributed by atoms with Crippen LogP contribution < -0.4 is 0 Å². The Kier molecular flexibility index (Phi) is 3.26. The van der Waals surface area contributed by atoms with Gasteiger partial charge in [-0.3, -0.25) is 0 Å². The van der Waals surface area contributed by atoms with E-state index in [0.29, 0.717) is 0 Å². The fraction of sp³-hybridized carbons (Fsp3) is 0.300. The first-order valence-electron chi connectivity index (χ1n) is 7.89. The van der Waals surface area contributed by atoms with Gasteiger partial charge in [0.25, 0.3) is 0 Å². The number of hydrogen-bond donors (Lipinski definition) is 0. The van der Waals surface area contributed by atoms with Crippen LogP contribution in [0.1, 0.15) is 37.3 Å². The van der Waals surface area contributed by atoms with Crippen LogP contribution >= 0.6 is 15.9 Å². The number of rotatable bonds is 1. The van der Waals surface area contributed by atoms with E-state index in [1.165, 1.54) is 52.1 Å². The minimum absolute atomic E-state index is 0.724. The molecule has 0 aromatic heterocycles. The monoisotopic (exact) mass is 338 g/mol. The van der Waals surface area contributed by atoms with E-state index >= 15 is 0 Å². The molecular formula is C20H19Br. The van der Waals surface area contributed by atoms with Gasteiger partial charge >= 0.3 is 0 Å². The quantitative estimate of drug-likeness (QED) is 0.573. The SMILES string of the molecule is CCC1Cc2c(ccc3ccc(Br)cc23)C2=C1CCC=C2. The van der Waals surface area contributed by atoms with E-state index in [2.05, 4.69) is 65.3 Å². The van der Waals surface area contributed by atoms with Crippen molar-refractivity contribution in [1.82, 2.24) is 0 Å². The Morgan fingerprint density at radius 2 is 2.05 bits per heavy atom. The largest absolute Gasteiger partial charge is 0.0836 e. The molecule has 0 nitrogen and oxygen atoms in total. The first-order valence-corrected chi connectivity index (χ1v) is 8.68. The van der Waals surface area contributed by atoms with E-state index in [1.807, 2.05) is 0 Å². The molecule has 0 spiro atoms. The van der Waals surface area contributed by atoms with E-state index < -0.39 is 0 Å². The van der Waals surface area contributed by atoms with E-state index in [4.69, 9.17) is 0 Å². The molecule has 1 heteroatoms. The van der Waals surface area contributed by atoms with Crippen LogP contribution in [-0.4, -0.2) is 0 Å². The van der Waals surface area contributed by atoms with Gasteiger partial charge in [0.1, 0.15) is 0 Å². The summed E-state index contributed by atoms with van der Waals surface area (Å²) in [4.78, 5) is 0. The second-order valence-corrected chi connectivity index (χ2v) is 7.06. The van der Waals surface area contributed by atoms with Crippen molar-refractivity contribution in [3.8, 4) is 0 Å². The molecule has 2 aliphatic carbocycles. The van der Waals surface area contributed by atoms with Crippen molar-refractivity contribution >= 4 is 32.3 Å². The fourth-order valence-corrected chi connectivity index (χ4v) is 4.32. The van der Waals surface area contributed by atoms with E-state index in [1.54, 1.807) is 11.1 Å². The molecule has 0 bridgehead atoms. The Morgan fingerprint density at radius 3 is 2.90 bits per heavy atom. The van der Waals surface area contributed by atoms with Gasteiger partial charge < -0.3 is 0 Å². The molecule has 0 radical (unpaired) electrons. The minimum atomic E-state index is 0.724. The van der Waals surface area contributed by atoms with Crippen LogP contribution in [0, 0.1) is 5.92 Å². The van der Waals surface area contributed by atoms with Gasteiger partial charge in [-0.2, -0.15) is 0 Å². The average Bonchev–Trinajstić information content (AvgIpc) is 2.53. The normalized spacial score (nSPS) is 20.6. The third-order valence-electron chi connectivity index (χ3n) is 5.03. The predicted molar refractivity (Wildman–Crippen MR) is 94.4 cm³/mol. The lowest BCUT2D eigenvalue weighted by atomic mass is 9.73. The molecule has 0 aliphatic heterocycles. The van der Waals surface area contributed by atoms with Gasteiger partial charge in [0.05, 0.1) is 0 Å². The summed E-state index contributed by atoms with van der Waals surface area (Å²) in [6.07, 6.45) is 9.61. The molecule has 0 amide bonds. The summed E-state index contributed by atoms with van der Waals surface area (Å²) in [5.41, 5.74) is 6.22. The Bertz CT molecular complexity index is 780. The second kappa shape index (κ2) is 5.14. The Hall–Kier alpha value is -1.34. The molecule has 0 saturated heterocycles.